The molecular weight excluding hydrogens is 893 g/mol. The van der Waals surface area contributed by atoms with Crippen molar-refractivity contribution in [3.05, 3.63) is 151 Å². The van der Waals surface area contributed by atoms with E-state index < -0.39 is 37.6 Å². The van der Waals surface area contributed by atoms with E-state index in [-0.39, 0.29) is 61.6 Å². The van der Waals surface area contributed by atoms with Gasteiger partial charge in [0, 0.05) is 37.1 Å². The molecule has 0 saturated heterocycles. The Morgan fingerprint density at radius 3 is 2.32 bits per heavy atom. The Bertz CT molecular complexity index is 2990. The molecule has 0 fully saturated rings. The van der Waals surface area contributed by atoms with E-state index in [4.69, 9.17) is 34.8 Å². The molecule has 5 aromatic carbocycles. The van der Waals surface area contributed by atoms with Crippen LogP contribution < -0.4 is 4.72 Å². The Morgan fingerprint density at radius 1 is 0.839 bits per heavy atom. The minimum Gasteiger partial charge on any atom is -0.334 e. The highest BCUT2D eigenvalue weighted by Gasteiger charge is 2.30. The van der Waals surface area contributed by atoms with E-state index in [0.717, 1.165) is 23.1 Å². The van der Waals surface area contributed by atoms with Crippen LogP contribution in [0.1, 0.15) is 80.3 Å². The van der Waals surface area contributed by atoms with Crippen molar-refractivity contribution in [1.29, 1.82) is 0 Å². The molecule has 6 aromatic rings. The molecule has 62 heavy (non-hydrogen) atoms. The largest absolute Gasteiger partial charge is 0.334 e. The SMILES string of the molecule is CCCCN(Cc1ccc(Cl)c(Cl)c1)C(=O)c1nn(-c2ccc(C(=O)NS(=O)(=O)c3ccc4cccc(S(=O)(=O)CC)c4c3)cc2C(=O)N2CCc3ccccc3C2)c(C)c1Cl. The lowest BCUT2D eigenvalue weighted by atomic mass is 9.98. The molecule has 0 saturated carbocycles. The second kappa shape index (κ2) is 18.2. The van der Waals surface area contributed by atoms with Crippen LogP contribution in [-0.2, 0) is 39.4 Å². The third-order valence-corrected chi connectivity index (χ3v) is 15.2. The fourth-order valence-corrected chi connectivity index (χ4v) is 10.0. The molecule has 0 spiro atoms. The average Bonchev–Trinajstić information content (AvgIpc) is 3.57. The van der Waals surface area contributed by atoms with Gasteiger partial charge in [-0.15, -0.1) is 0 Å². The van der Waals surface area contributed by atoms with E-state index in [9.17, 15) is 31.2 Å². The van der Waals surface area contributed by atoms with Crippen molar-refractivity contribution in [3.63, 3.8) is 0 Å². The molecule has 7 rings (SSSR count). The lowest BCUT2D eigenvalue weighted by Crippen LogP contribution is -2.37. The third kappa shape index (κ3) is 9.11. The standard InChI is InChI=1S/C45H42Cl3N5O7S2/c1-4-6-21-51(26-29-14-18-37(46)38(47)23-29)45(56)42-41(48)28(3)53(49-42)39-19-16-32(24-36(39)44(55)52-22-20-30-10-7-8-11-33(30)27-52)43(54)50-62(59,60)34-17-15-31-12-9-13-40(35(31)25-34)61(57,58)5-2/h7-19,23-25H,4-6,20-22,26-27H2,1-3H3,(H,50,54). The van der Waals surface area contributed by atoms with E-state index in [2.05, 4.69) is 9.82 Å². The summed E-state index contributed by atoms with van der Waals surface area (Å²) in [6.07, 6.45) is 2.09. The highest BCUT2D eigenvalue weighted by atomic mass is 35.5. The first-order valence-corrected chi connectivity index (χ1v) is 24.1. The van der Waals surface area contributed by atoms with Crippen molar-refractivity contribution in [1.82, 2.24) is 24.3 Å². The summed E-state index contributed by atoms with van der Waals surface area (Å²) >= 11 is 19.3. The monoisotopic (exact) mass is 933 g/mol. The van der Waals surface area contributed by atoms with E-state index in [1.807, 2.05) is 31.2 Å². The number of unbranched alkanes of at least 4 members (excludes halogenated alkanes) is 1. The maximum absolute atomic E-state index is 14.6. The molecule has 17 heteroatoms. The van der Waals surface area contributed by atoms with Crippen LogP contribution in [0.5, 0.6) is 0 Å². The molecular formula is C45H42Cl3N5O7S2. The van der Waals surface area contributed by atoms with Crippen molar-refractivity contribution in [2.24, 2.45) is 0 Å². The summed E-state index contributed by atoms with van der Waals surface area (Å²) in [5.41, 5.74) is 3.16. The van der Waals surface area contributed by atoms with Crippen LogP contribution >= 0.6 is 34.8 Å². The van der Waals surface area contributed by atoms with E-state index in [1.54, 1.807) is 47.1 Å². The molecule has 0 radical (unpaired) electrons. The first-order valence-electron chi connectivity index (χ1n) is 19.8. The van der Waals surface area contributed by atoms with Crippen LogP contribution in [0.4, 0.5) is 0 Å². The van der Waals surface area contributed by atoms with Gasteiger partial charge in [-0.25, -0.2) is 26.2 Å². The molecule has 322 valence electrons. The first kappa shape index (κ1) is 44.8. The zero-order valence-corrected chi connectivity index (χ0v) is 37.9. The molecule has 1 aliphatic rings. The summed E-state index contributed by atoms with van der Waals surface area (Å²) in [6.45, 7) is 6.38. The van der Waals surface area contributed by atoms with Gasteiger partial charge in [-0.1, -0.05) is 104 Å². The fraction of sp³-hybridized carbons (Fsp3) is 0.244. The Morgan fingerprint density at radius 2 is 1.60 bits per heavy atom. The predicted octanol–water partition coefficient (Wildman–Crippen LogP) is 8.85. The maximum atomic E-state index is 14.6. The van der Waals surface area contributed by atoms with Crippen molar-refractivity contribution in [2.75, 3.05) is 18.8 Å². The number of sulfonamides is 1. The lowest BCUT2D eigenvalue weighted by molar-refractivity contribution is 0.0729. The molecule has 2 heterocycles. The van der Waals surface area contributed by atoms with Gasteiger partial charge >= 0.3 is 0 Å². The van der Waals surface area contributed by atoms with Gasteiger partial charge in [0.1, 0.15) is 0 Å². The number of benzene rings is 5. The quantitative estimate of drug-likeness (QED) is 0.120. The van der Waals surface area contributed by atoms with E-state index in [0.29, 0.717) is 47.1 Å². The molecule has 1 N–H and O–H groups in total. The molecule has 0 unspecified atom stereocenters. The fourth-order valence-electron chi connectivity index (χ4n) is 7.39. The number of hydrogen-bond acceptors (Lipinski definition) is 8. The number of nitrogens with one attached hydrogen (secondary N) is 1. The normalized spacial score (nSPS) is 12.9. The van der Waals surface area contributed by atoms with Crippen LogP contribution in [0.2, 0.25) is 15.1 Å². The number of sulfone groups is 1. The van der Waals surface area contributed by atoms with Crippen LogP contribution in [0.15, 0.2) is 107 Å². The number of halogens is 3. The maximum Gasteiger partial charge on any atom is 0.276 e. The van der Waals surface area contributed by atoms with Crippen molar-refractivity contribution >= 4 is 83.2 Å². The molecule has 1 aromatic heterocycles. The Hall–Kier alpha value is -5.25. The number of hydrogen-bond donors (Lipinski definition) is 1. The van der Waals surface area contributed by atoms with E-state index >= 15 is 0 Å². The molecule has 0 bridgehead atoms. The van der Waals surface area contributed by atoms with Gasteiger partial charge < -0.3 is 9.80 Å². The Kier molecular flexibility index (Phi) is 13.2. The Labute approximate surface area is 375 Å². The topological polar surface area (TPSA) is 156 Å². The summed E-state index contributed by atoms with van der Waals surface area (Å²) in [6, 6.07) is 25.6. The number of aromatic nitrogens is 2. The van der Waals surface area contributed by atoms with Gasteiger partial charge in [-0.2, -0.15) is 5.10 Å². The number of nitrogens with zero attached hydrogens (tertiary/aromatic N) is 4. The van der Waals surface area contributed by atoms with Crippen LogP contribution in [0, 0.1) is 6.92 Å². The van der Waals surface area contributed by atoms with Crippen molar-refractivity contribution in [3.8, 4) is 5.69 Å². The molecule has 12 nitrogen and oxygen atoms in total. The minimum absolute atomic E-state index is 0.00876. The minimum atomic E-state index is -4.56. The first-order chi connectivity index (χ1) is 29.5. The molecule has 0 atom stereocenters. The molecule has 0 aliphatic carbocycles. The Balaban J connectivity index is 1.26. The number of rotatable bonds is 13. The van der Waals surface area contributed by atoms with Gasteiger partial charge in [0.05, 0.1) is 47.6 Å². The number of amides is 3. The average molecular weight is 935 g/mol. The second-order valence-electron chi connectivity index (χ2n) is 14.9. The van der Waals surface area contributed by atoms with Gasteiger partial charge in [-0.05, 0) is 90.4 Å². The van der Waals surface area contributed by atoms with Gasteiger partial charge in [0.15, 0.2) is 15.5 Å². The van der Waals surface area contributed by atoms with Gasteiger partial charge in [0.2, 0.25) is 0 Å². The lowest BCUT2D eigenvalue weighted by Gasteiger charge is -2.29. The van der Waals surface area contributed by atoms with E-state index in [1.165, 1.54) is 54.1 Å². The smallest absolute Gasteiger partial charge is 0.276 e. The summed E-state index contributed by atoms with van der Waals surface area (Å²) in [7, 11) is -8.27. The van der Waals surface area contributed by atoms with Crippen molar-refractivity contribution in [2.45, 2.75) is 62.9 Å². The summed E-state index contributed by atoms with van der Waals surface area (Å²) < 4.78 is 56.7. The molecule has 3 amide bonds. The summed E-state index contributed by atoms with van der Waals surface area (Å²) in [5.74, 6) is -2.15. The van der Waals surface area contributed by atoms with Gasteiger partial charge in [0.25, 0.3) is 27.7 Å². The zero-order valence-electron chi connectivity index (χ0n) is 34.0. The highest BCUT2D eigenvalue weighted by molar-refractivity contribution is 7.91. The highest BCUT2D eigenvalue weighted by Crippen LogP contribution is 2.31. The number of fused-ring (bicyclic) bond motifs is 2. The zero-order chi connectivity index (χ0) is 44.5. The summed E-state index contributed by atoms with van der Waals surface area (Å²) in [4.78, 5) is 45.6. The molecule has 1 aliphatic heterocycles. The number of carbonyl (C=O) groups is 3. The number of carbonyl (C=O) groups excluding carboxylic acids is 3. The van der Waals surface area contributed by atoms with Crippen molar-refractivity contribution < 1.29 is 31.2 Å². The predicted molar refractivity (Wildman–Crippen MR) is 241 cm³/mol. The van der Waals surface area contributed by atoms with Crippen LogP contribution in [-0.4, -0.2) is 73.0 Å². The van der Waals surface area contributed by atoms with Crippen LogP contribution in [0.3, 0.4) is 0 Å². The summed E-state index contributed by atoms with van der Waals surface area (Å²) in [5, 5.41) is 6.16. The third-order valence-electron chi connectivity index (χ3n) is 10.9. The van der Waals surface area contributed by atoms with Crippen LogP contribution in [0.25, 0.3) is 16.5 Å². The van der Waals surface area contributed by atoms with Gasteiger partial charge in [-0.3, -0.25) is 14.4 Å². The second-order valence-corrected chi connectivity index (χ2v) is 20.1.